The van der Waals surface area contributed by atoms with Crippen LogP contribution in [0.15, 0.2) is 89.8 Å². The minimum Gasteiger partial charge on any atom is -0.497 e. The summed E-state index contributed by atoms with van der Waals surface area (Å²) < 4.78 is 47.1. The number of urea groups is 1. The highest BCUT2D eigenvalue weighted by atomic mass is 32.1. The highest BCUT2D eigenvalue weighted by Crippen LogP contribution is 2.78. The number of hydrogen-bond donors (Lipinski definition) is 3. The third-order valence-electron chi connectivity index (χ3n) is 14.7. The van der Waals surface area contributed by atoms with Crippen molar-refractivity contribution >= 4 is 28.8 Å². The molecule has 0 saturated heterocycles. The van der Waals surface area contributed by atoms with Gasteiger partial charge >= 0.3 is 12.2 Å². The molecule has 3 N–H and O–H groups in total. The molecule has 3 saturated carbocycles. The molecule has 0 radical (unpaired) electrons. The largest absolute Gasteiger partial charge is 0.497 e. The highest BCUT2D eigenvalue weighted by Gasteiger charge is 2.74. The number of thiophene rings is 1. The number of ketones is 1. The van der Waals surface area contributed by atoms with Crippen LogP contribution in [-0.2, 0) is 12.6 Å². The lowest BCUT2D eigenvalue weighted by Crippen LogP contribution is -2.67. The number of aliphatic hydroxyl groups is 2. The summed E-state index contributed by atoms with van der Waals surface area (Å²) in [6.07, 6.45) is 5.93. The van der Waals surface area contributed by atoms with Crippen molar-refractivity contribution in [2.24, 2.45) is 33.5 Å². The third kappa shape index (κ3) is 5.90. The van der Waals surface area contributed by atoms with E-state index in [1.807, 2.05) is 23.6 Å². The molecule has 1 aromatic heterocycles. The van der Waals surface area contributed by atoms with Gasteiger partial charge in [-0.05, 0) is 116 Å². The van der Waals surface area contributed by atoms with Crippen LogP contribution in [-0.4, -0.2) is 58.8 Å². The van der Waals surface area contributed by atoms with Gasteiger partial charge in [-0.1, -0.05) is 50.3 Å². The van der Waals surface area contributed by atoms with Crippen LogP contribution in [0.5, 0.6) is 5.75 Å². The van der Waals surface area contributed by atoms with Crippen molar-refractivity contribution in [3.63, 3.8) is 0 Å². The number of benzene rings is 2. The molecule has 8 unspecified atom stereocenters. The predicted molar refractivity (Wildman–Crippen MR) is 206 cm³/mol. The molecule has 6 aliphatic rings. The van der Waals surface area contributed by atoms with E-state index < -0.39 is 45.5 Å². The van der Waals surface area contributed by atoms with E-state index in [1.54, 1.807) is 47.6 Å². The van der Waals surface area contributed by atoms with Crippen LogP contribution in [0.25, 0.3) is 0 Å². The lowest BCUT2D eigenvalue weighted by atomic mass is 9.32. The molecule has 3 fully saturated rings. The van der Waals surface area contributed by atoms with Gasteiger partial charge in [0.05, 0.1) is 30.9 Å². The predicted octanol–water partition coefficient (Wildman–Crippen LogP) is 9.33. The van der Waals surface area contributed by atoms with E-state index in [-0.39, 0.29) is 35.4 Å². The number of fused-ring (bicyclic) bond motifs is 1. The Bertz CT molecular complexity index is 2030. The molecule has 0 aliphatic heterocycles. The number of nitrogens with zero attached hydrogens (tertiary/aromatic N) is 1. The van der Waals surface area contributed by atoms with Crippen molar-refractivity contribution in [1.82, 2.24) is 4.90 Å². The Balaban J connectivity index is 1.17. The van der Waals surface area contributed by atoms with Crippen LogP contribution < -0.4 is 10.1 Å². The highest BCUT2D eigenvalue weighted by molar-refractivity contribution is 7.09. The number of alkyl halides is 3. The zero-order chi connectivity index (χ0) is 39.0. The van der Waals surface area contributed by atoms with E-state index in [2.05, 4.69) is 31.3 Å². The Morgan fingerprint density at radius 1 is 0.964 bits per heavy atom. The maximum absolute atomic E-state index is 14.8. The quantitative estimate of drug-likeness (QED) is 0.149. The molecule has 292 valence electrons. The number of carbonyl (C=O) groups excluding carboxylic acids is 2. The third-order valence-corrected chi connectivity index (χ3v) is 15.6. The van der Waals surface area contributed by atoms with Gasteiger partial charge < -0.3 is 25.2 Å². The zero-order valence-corrected chi connectivity index (χ0v) is 32.3. The second kappa shape index (κ2) is 13.3. The maximum atomic E-state index is 14.8. The number of anilines is 1. The van der Waals surface area contributed by atoms with E-state index >= 15 is 0 Å². The number of nitrogens with one attached hydrogen (secondary N) is 1. The minimum absolute atomic E-state index is 0.0138. The number of rotatable bonds is 9. The molecule has 2 aromatic carbocycles. The first-order valence-electron chi connectivity index (χ1n) is 19.4. The molecule has 8 atom stereocenters. The van der Waals surface area contributed by atoms with Crippen LogP contribution >= 0.6 is 11.3 Å². The monoisotopic (exact) mass is 774 g/mol. The number of hydrogen-bond acceptors (Lipinski definition) is 6. The second-order valence-corrected chi connectivity index (χ2v) is 18.2. The first-order valence-corrected chi connectivity index (χ1v) is 20.2. The number of aliphatic hydroxyl groups excluding tert-OH is 1. The van der Waals surface area contributed by atoms with Gasteiger partial charge in [-0.15, -0.1) is 11.3 Å². The van der Waals surface area contributed by atoms with E-state index in [9.17, 15) is 33.0 Å². The molecule has 2 spiro atoms. The Morgan fingerprint density at radius 2 is 1.69 bits per heavy atom. The molecule has 6 aliphatic carbocycles. The number of methoxy groups -OCH3 is 1. The van der Waals surface area contributed by atoms with Crippen molar-refractivity contribution in [2.75, 3.05) is 25.5 Å². The average molecular weight is 775 g/mol. The number of carbonyl (C=O) groups is 2. The number of halogens is 3. The van der Waals surface area contributed by atoms with E-state index in [0.29, 0.717) is 68.5 Å². The van der Waals surface area contributed by atoms with Crippen molar-refractivity contribution in [2.45, 2.75) is 83.1 Å². The van der Waals surface area contributed by atoms with Crippen molar-refractivity contribution < 1.29 is 37.7 Å². The summed E-state index contributed by atoms with van der Waals surface area (Å²) >= 11 is 1.62. The fourth-order valence-corrected chi connectivity index (χ4v) is 12.4. The summed E-state index contributed by atoms with van der Waals surface area (Å²) in [5.41, 5.74) is -3.65. The number of allylic oxidation sites excluding steroid dienone is 4. The van der Waals surface area contributed by atoms with E-state index in [0.717, 1.165) is 23.4 Å². The van der Waals surface area contributed by atoms with Gasteiger partial charge in [0.15, 0.2) is 5.78 Å². The fourth-order valence-electron chi connectivity index (χ4n) is 11.7. The second-order valence-electron chi connectivity index (χ2n) is 17.1. The average Bonchev–Trinajstić information content (AvgIpc) is 3.78. The molecule has 2 amide bonds. The number of Topliss-reactive ketones (excluding diaryl/α,β-unsaturated/α-hetero) is 1. The molecular weight excluding hydrogens is 726 g/mol. The lowest BCUT2D eigenvalue weighted by Gasteiger charge is -2.71. The Kier molecular flexibility index (Phi) is 9.21. The molecule has 55 heavy (non-hydrogen) atoms. The molecule has 11 heteroatoms. The molecule has 7 nitrogen and oxygen atoms in total. The summed E-state index contributed by atoms with van der Waals surface area (Å²) in [7, 11) is 1.58. The summed E-state index contributed by atoms with van der Waals surface area (Å²) in [4.78, 5) is 31.8. The molecular formula is C44H49F3N2O5S. The van der Waals surface area contributed by atoms with Gasteiger partial charge in [0.2, 0.25) is 0 Å². The van der Waals surface area contributed by atoms with Crippen molar-refractivity contribution in [3.05, 3.63) is 106 Å². The van der Waals surface area contributed by atoms with Gasteiger partial charge in [0, 0.05) is 44.5 Å². The fraction of sp³-hybridized carbons (Fsp3) is 0.500. The normalized spacial score (nSPS) is 34.6. The van der Waals surface area contributed by atoms with Crippen LogP contribution in [0.4, 0.5) is 23.7 Å². The van der Waals surface area contributed by atoms with Crippen LogP contribution in [0.2, 0.25) is 0 Å². The summed E-state index contributed by atoms with van der Waals surface area (Å²) in [5.74, 6) is -0.0254. The smallest absolute Gasteiger partial charge is 0.416 e. The van der Waals surface area contributed by atoms with Crippen molar-refractivity contribution in [1.29, 1.82) is 0 Å². The summed E-state index contributed by atoms with van der Waals surface area (Å²) in [6.45, 7) is 4.81. The molecule has 9 rings (SSSR count). The molecule has 1 heterocycles. The van der Waals surface area contributed by atoms with E-state index in [4.69, 9.17) is 4.74 Å². The Hall–Kier alpha value is -3.93. The first kappa shape index (κ1) is 38.0. The van der Waals surface area contributed by atoms with Gasteiger partial charge in [-0.2, -0.15) is 13.2 Å². The summed E-state index contributed by atoms with van der Waals surface area (Å²) in [6, 6.07) is 15.5. The standard InChI is InChI=1S/C44H49F3N2O5S/c1-39-17-13-31(50)25-41(39)20-21-43(34(26-41)37(51)28-6-4-7-29(24-28)44(45,46)47)35(39)14-18-40(2)36(43)15-19-42(40,53)27-49(22-16-33-8-5-23-55-33)38(52)48-30-9-11-32(54-3)12-10-30/h4-12,20-21,23-24,26,31,35-36,50,53H,13-19,22,25,27H2,1-3H3,(H,48,52). The minimum atomic E-state index is -4.61. The Labute approximate surface area is 324 Å². The van der Waals surface area contributed by atoms with Gasteiger partial charge in [0.25, 0.3) is 0 Å². The van der Waals surface area contributed by atoms with Crippen LogP contribution in [0.3, 0.4) is 0 Å². The van der Waals surface area contributed by atoms with E-state index in [1.165, 1.54) is 12.1 Å². The number of amides is 2. The summed E-state index contributed by atoms with van der Waals surface area (Å²) in [5, 5.41) is 29.1. The number of ether oxygens (including phenoxy) is 1. The van der Waals surface area contributed by atoms with Crippen LogP contribution in [0.1, 0.15) is 79.6 Å². The van der Waals surface area contributed by atoms with Gasteiger partial charge in [-0.25, -0.2) is 4.79 Å². The van der Waals surface area contributed by atoms with Gasteiger partial charge in [-0.3, -0.25) is 4.79 Å². The maximum Gasteiger partial charge on any atom is 0.416 e. The lowest BCUT2D eigenvalue weighted by molar-refractivity contribution is -0.174. The SMILES string of the molecule is COc1ccc(NC(=O)N(CCc2cccs2)CC2(O)CCC3C45C=CC6(C=C4C(=O)c4cccc(C(F)(F)F)c4)CC(O)CCC6(C)C5CCC32C)cc1. The zero-order valence-electron chi connectivity index (χ0n) is 31.5. The van der Waals surface area contributed by atoms with Crippen molar-refractivity contribution in [3.8, 4) is 5.75 Å². The van der Waals surface area contributed by atoms with Crippen LogP contribution in [0, 0.1) is 33.5 Å². The molecule has 2 bridgehead atoms. The molecule has 3 aromatic rings. The Morgan fingerprint density at radius 3 is 2.40 bits per heavy atom. The van der Waals surface area contributed by atoms with Gasteiger partial charge in [0.1, 0.15) is 5.75 Å². The first-order chi connectivity index (χ1) is 26.1. The topological polar surface area (TPSA) is 99.1 Å².